The summed E-state index contributed by atoms with van der Waals surface area (Å²) in [7, 11) is 0. The lowest BCUT2D eigenvalue weighted by Gasteiger charge is -2.09. The predicted molar refractivity (Wildman–Crippen MR) is 74.6 cm³/mol. The summed E-state index contributed by atoms with van der Waals surface area (Å²) in [6.45, 7) is 2.62. The summed E-state index contributed by atoms with van der Waals surface area (Å²) < 4.78 is 0. The topological polar surface area (TPSA) is 26.0 Å². The molecule has 0 aliphatic carbocycles. The Balaban J connectivity index is 2.33. The van der Waals surface area contributed by atoms with E-state index >= 15 is 0 Å². The fraction of sp³-hybridized carbons (Fsp3) is 0.143. The molecule has 0 unspecified atom stereocenters. The van der Waals surface area contributed by atoms with E-state index in [0.29, 0.717) is 6.54 Å². The van der Waals surface area contributed by atoms with Crippen molar-refractivity contribution in [3.05, 3.63) is 58.6 Å². The van der Waals surface area contributed by atoms with E-state index in [1.807, 2.05) is 24.3 Å². The van der Waals surface area contributed by atoms with Crippen molar-refractivity contribution in [2.75, 3.05) is 0 Å². The van der Waals surface area contributed by atoms with Gasteiger partial charge in [-0.2, -0.15) is 0 Å². The smallest absolute Gasteiger partial charge is 0.0545 e. The average molecular weight is 264 g/mol. The molecule has 2 aromatic carbocycles. The van der Waals surface area contributed by atoms with Crippen molar-refractivity contribution in [2.45, 2.75) is 23.3 Å². The highest BCUT2D eigenvalue weighted by Crippen LogP contribution is 2.35. The molecular weight excluding hydrogens is 250 g/mol. The number of hydrogen-bond acceptors (Lipinski definition) is 2. The van der Waals surface area contributed by atoms with Gasteiger partial charge in [0.1, 0.15) is 0 Å². The zero-order valence-electron chi connectivity index (χ0n) is 9.61. The normalized spacial score (nSPS) is 10.5. The fourth-order valence-corrected chi connectivity index (χ4v) is 2.82. The molecule has 17 heavy (non-hydrogen) atoms. The number of benzene rings is 2. The molecule has 0 spiro atoms. The number of halogens is 1. The standard InChI is InChI=1S/C14H14ClNS/c1-10-6-7-13(11(8-10)9-16)17-14-5-3-2-4-12(14)15/h2-8H,9,16H2,1H3. The Kier molecular flexibility index (Phi) is 4.11. The van der Waals surface area contributed by atoms with Crippen molar-refractivity contribution in [1.29, 1.82) is 0 Å². The minimum atomic E-state index is 0.550. The van der Waals surface area contributed by atoms with Crippen LogP contribution in [-0.2, 0) is 6.54 Å². The monoisotopic (exact) mass is 263 g/mol. The van der Waals surface area contributed by atoms with Gasteiger partial charge in [-0.05, 0) is 30.7 Å². The second kappa shape index (κ2) is 5.58. The van der Waals surface area contributed by atoms with Gasteiger partial charge in [0.25, 0.3) is 0 Å². The molecule has 2 N–H and O–H groups in total. The van der Waals surface area contributed by atoms with Crippen LogP contribution in [0.5, 0.6) is 0 Å². The molecular formula is C14H14ClNS. The van der Waals surface area contributed by atoms with E-state index in [1.165, 1.54) is 10.5 Å². The van der Waals surface area contributed by atoms with E-state index in [9.17, 15) is 0 Å². The van der Waals surface area contributed by atoms with Crippen molar-refractivity contribution < 1.29 is 0 Å². The maximum Gasteiger partial charge on any atom is 0.0545 e. The maximum atomic E-state index is 6.15. The summed E-state index contributed by atoms with van der Waals surface area (Å²) in [5.41, 5.74) is 8.16. The molecule has 0 radical (unpaired) electrons. The van der Waals surface area contributed by atoms with E-state index in [1.54, 1.807) is 11.8 Å². The summed E-state index contributed by atoms with van der Waals surface area (Å²) in [5.74, 6) is 0. The number of aryl methyl sites for hydroxylation is 1. The van der Waals surface area contributed by atoms with Crippen LogP contribution in [0.1, 0.15) is 11.1 Å². The van der Waals surface area contributed by atoms with Crippen LogP contribution < -0.4 is 5.73 Å². The van der Waals surface area contributed by atoms with Crippen LogP contribution in [-0.4, -0.2) is 0 Å². The lowest BCUT2D eigenvalue weighted by Crippen LogP contribution is -1.98. The zero-order chi connectivity index (χ0) is 12.3. The lowest BCUT2D eigenvalue weighted by atomic mass is 10.1. The molecule has 2 rings (SSSR count). The molecule has 88 valence electrons. The molecule has 2 aromatic rings. The minimum Gasteiger partial charge on any atom is -0.326 e. The first-order valence-corrected chi connectivity index (χ1v) is 6.62. The van der Waals surface area contributed by atoms with Crippen molar-refractivity contribution in [3.8, 4) is 0 Å². The summed E-state index contributed by atoms with van der Waals surface area (Å²) in [4.78, 5) is 2.24. The van der Waals surface area contributed by atoms with Gasteiger partial charge in [0, 0.05) is 16.3 Å². The molecule has 3 heteroatoms. The maximum absolute atomic E-state index is 6.15. The summed E-state index contributed by atoms with van der Waals surface area (Å²) in [6, 6.07) is 14.2. The molecule has 0 atom stereocenters. The highest BCUT2D eigenvalue weighted by Gasteiger charge is 2.06. The lowest BCUT2D eigenvalue weighted by molar-refractivity contribution is 1.02. The third kappa shape index (κ3) is 3.03. The Morgan fingerprint density at radius 2 is 1.88 bits per heavy atom. The Hall–Kier alpha value is -0.960. The summed E-state index contributed by atoms with van der Waals surface area (Å²) in [6.07, 6.45) is 0. The highest BCUT2D eigenvalue weighted by atomic mass is 35.5. The molecule has 0 bridgehead atoms. The van der Waals surface area contributed by atoms with Gasteiger partial charge >= 0.3 is 0 Å². The quantitative estimate of drug-likeness (QED) is 0.896. The Bertz CT molecular complexity index is 525. The van der Waals surface area contributed by atoms with E-state index in [4.69, 9.17) is 17.3 Å². The van der Waals surface area contributed by atoms with Gasteiger partial charge in [0.05, 0.1) is 5.02 Å². The summed E-state index contributed by atoms with van der Waals surface area (Å²) >= 11 is 7.81. The molecule has 0 saturated carbocycles. The molecule has 0 fully saturated rings. The van der Waals surface area contributed by atoms with Crippen LogP contribution in [0.4, 0.5) is 0 Å². The van der Waals surface area contributed by atoms with Crippen molar-refractivity contribution in [2.24, 2.45) is 5.73 Å². The van der Waals surface area contributed by atoms with Crippen LogP contribution >= 0.6 is 23.4 Å². The van der Waals surface area contributed by atoms with Gasteiger partial charge in [-0.25, -0.2) is 0 Å². The first kappa shape index (κ1) is 12.5. The second-order valence-electron chi connectivity index (χ2n) is 3.85. The van der Waals surface area contributed by atoms with Crippen LogP contribution in [0, 0.1) is 6.92 Å². The molecule has 0 heterocycles. The van der Waals surface area contributed by atoms with Gasteiger partial charge in [-0.3, -0.25) is 0 Å². The summed E-state index contributed by atoms with van der Waals surface area (Å²) in [5, 5.41) is 0.779. The van der Waals surface area contributed by atoms with Crippen LogP contribution in [0.3, 0.4) is 0 Å². The zero-order valence-corrected chi connectivity index (χ0v) is 11.2. The Morgan fingerprint density at radius 3 is 2.59 bits per heavy atom. The van der Waals surface area contributed by atoms with Gasteiger partial charge < -0.3 is 5.73 Å². The molecule has 0 aliphatic heterocycles. The number of rotatable bonds is 3. The molecule has 0 saturated heterocycles. The first-order valence-electron chi connectivity index (χ1n) is 5.42. The third-order valence-corrected chi connectivity index (χ3v) is 4.13. The van der Waals surface area contributed by atoms with E-state index < -0.39 is 0 Å². The fourth-order valence-electron chi connectivity index (χ4n) is 1.61. The number of nitrogens with two attached hydrogens (primary N) is 1. The Morgan fingerprint density at radius 1 is 1.12 bits per heavy atom. The highest BCUT2D eigenvalue weighted by molar-refractivity contribution is 7.99. The first-order chi connectivity index (χ1) is 8.20. The van der Waals surface area contributed by atoms with Crippen molar-refractivity contribution in [1.82, 2.24) is 0 Å². The van der Waals surface area contributed by atoms with Crippen molar-refractivity contribution in [3.63, 3.8) is 0 Å². The van der Waals surface area contributed by atoms with Crippen LogP contribution in [0.15, 0.2) is 52.3 Å². The van der Waals surface area contributed by atoms with Gasteiger partial charge in [-0.1, -0.05) is 53.2 Å². The molecule has 0 aliphatic rings. The van der Waals surface area contributed by atoms with Gasteiger partial charge in [0.15, 0.2) is 0 Å². The molecule has 1 nitrogen and oxygen atoms in total. The van der Waals surface area contributed by atoms with Gasteiger partial charge in [0.2, 0.25) is 0 Å². The number of hydrogen-bond donors (Lipinski definition) is 1. The predicted octanol–water partition coefficient (Wildman–Crippen LogP) is 4.26. The SMILES string of the molecule is Cc1ccc(Sc2ccccc2Cl)c(CN)c1. The Labute approximate surface area is 111 Å². The van der Waals surface area contributed by atoms with E-state index in [0.717, 1.165) is 15.5 Å². The van der Waals surface area contributed by atoms with Gasteiger partial charge in [-0.15, -0.1) is 0 Å². The van der Waals surface area contributed by atoms with Crippen LogP contribution in [0.25, 0.3) is 0 Å². The third-order valence-electron chi connectivity index (χ3n) is 2.49. The van der Waals surface area contributed by atoms with Crippen molar-refractivity contribution >= 4 is 23.4 Å². The molecule has 0 aromatic heterocycles. The van der Waals surface area contributed by atoms with E-state index in [2.05, 4.69) is 25.1 Å². The minimum absolute atomic E-state index is 0.550. The molecule has 0 amide bonds. The van der Waals surface area contributed by atoms with E-state index in [-0.39, 0.29) is 0 Å². The largest absolute Gasteiger partial charge is 0.326 e. The average Bonchev–Trinajstić information content (AvgIpc) is 2.34. The van der Waals surface area contributed by atoms with Crippen LogP contribution in [0.2, 0.25) is 5.02 Å². The second-order valence-corrected chi connectivity index (χ2v) is 5.34.